The Morgan fingerprint density at radius 3 is 2.24 bits per heavy atom. The van der Waals surface area contributed by atoms with Gasteiger partial charge in [-0.25, -0.2) is 14.4 Å². The molecule has 0 fully saturated rings. The van der Waals surface area contributed by atoms with Crippen LogP contribution in [0.25, 0.3) is 22.6 Å². The standard InChI is InChI=1S/C24H17FN6OS.C3H8O/c1-13-3-4-16(11-29-13)21-18(9-26)22(28)31-24(19(21)10-27)33-12-20-14(2)32-23(30-20)15-5-7-17(25)8-6-15;1-2-3-4/h3-8,11H,12H2,1-2H3,(H2,28,31);4H,2-3H2,1H3. The number of hydrogen-bond acceptors (Lipinski definition) is 9. The molecule has 37 heavy (non-hydrogen) atoms. The molecule has 188 valence electrons. The van der Waals surface area contributed by atoms with E-state index in [1.54, 1.807) is 37.4 Å². The van der Waals surface area contributed by atoms with Crippen LogP contribution in [-0.4, -0.2) is 26.7 Å². The number of aliphatic hydroxyl groups excluding tert-OH is 1. The van der Waals surface area contributed by atoms with E-state index in [0.717, 1.165) is 12.1 Å². The number of rotatable bonds is 6. The molecule has 0 bridgehead atoms. The van der Waals surface area contributed by atoms with Gasteiger partial charge in [-0.15, -0.1) is 0 Å². The van der Waals surface area contributed by atoms with Crippen LogP contribution < -0.4 is 5.73 Å². The summed E-state index contributed by atoms with van der Waals surface area (Å²) in [6.45, 7) is 5.88. The number of hydrogen-bond donors (Lipinski definition) is 2. The second-order valence-electron chi connectivity index (χ2n) is 7.88. The summed E-state index contributed by atoms with van der Waals surface area (Å²) >= 11 is 1.27. The van der Waals surface area contributed by atoms with E-state index in [0.29, 0.717) is 51.4 Å². The van der Waals surface area contributed by atoms with Gasteiger partial charge in [-0.2, -0.15) is 10.5 Å². The van der Waals surface area contributed by atoms with Gasteiger partial charge in [0.15, 0.2) is 0 Å². The van der Waals surface area contributed by atoms with Crippen LogP contribution in [0, 0.1) is 42.3 Å². The molecule has 0 saturated carbocycles. The van der Waals surface area contributed by atoms with Crippen molar-refractivity contribution in [3.63, 3.8) is 0 Å². The van der Waals surface area contributed by atoms with Crippen molar-refractivity contribution >= 4 is 17.6 Å². The number of nitrogens with zero attached hydrogens (tertiary/aromatic N) is 5. The Morgan fingerprint density at radius 2 is 1.68 bits per heavy atom. The van der Waals surface area contributed by atoms with Crippen molar-refractivity contribution in [1.29, 1.82) is 10.5 Å². The van der Waals surface area contributed by atoms with Crippen LogP contribution in [-0.2, 0) is 5.75 Å². The zero-order chi connectivity index (χ0) is 26.9. The summed E-state index contributed by atoms with van der Waals surface area (Å²) in [6, 6.07) is 13.7. The highest BCUT2D eigenvalue weighted by Gasteiger charge is 2.22. The van der Waals surface area contributed by atoms with Gasteiger partial charge in [-0.1, -0.05) is 24.8 Å². The van der Waals surface area contributed by atoms with Gasteiger partial charge >= 0.3 is 0 Å². The molecule has 0 unspecified atom stereocenters. The van der Waals surface area contributed by atoms with Crippen molar-refractivity contribution in [2.24, 2.45) is 0 Å². The van der Waals surface area contributed by atoms with Gasteiger partial charge in [0.2, 0.25) is 5.89 Å². The first-order chi connectivity index (χ1) is 17.8. The summed E-state index contributed by atoms with van der Waals surface area (Å²) in [5, 5.41) is 27.8. The average molecular weight is 517 g/mol. The first-order valence-electron chi connectivity index (χ1n) is 11.3. The highest BCUT2D eigenvalue weighted by atomic mass is 32.2. The summed E-state index contributed by atoms with van der Waals surface area (Å²) in [6.07, 6.45) is 2.48. The SMILES string of the molecule is CCCO.Cc1ccc(-c2c(C#N)c(N)nc(SCc3nc(-c4ccc(F)cc4)oc3C)c2C#N)cn1. The predicted molar refractivity (Wildman–Crippen MR) is 140 cm³/mol. The van der Waals surface area contributed by atoms with Gasteiger partial charge in [0, 0.05) is 40.9 Å². The topological polar surface area (TPSA) is 146 Å². The Balaban J connectivity index is 0.000000886. The van der Waals surface area contributed by atoms with E-state index in [-0.39, 0.29) is 22.8 Å². The number of aryl methyl sites for hydroxylation is 2. The molecule has 8 nitrogen and oxygen atoms in total. The number of aromatic nitrogens is 3. The normalized spacial score (nSPS) is 10.2. The lowest BCUT2D eigenvalue weighted by molar-refractivity contribution is 0.295. The molecule has 0 saturated heterocycles. The van der Waals surface area contributed by atoms with Crippen molar-refractivity contribution in [2.45, 2.75) is 38.0 Å². The molecule has 0 spiro atoms. The first kappa shape index (κ1) is 27.3. The highest BCUT2D eigenvalue weighted by Crippen LogP contribution is 2.37. The largest absolute Gasteiger partial charge is 0.441 e. The number of pyridine rings is 2. The molecule has 10 heteroatoms. The minimum absolute atomic E-state index is 0.0402. The molecule has 3 heterocycles. The molecule has 4 rings (SSSR count). The first-order valence-corrected chi connectivity index (χ1v) is 12.3. The van der Waals surface area contributed by atoms with Crippen molar-refractivity contribution in [1.82, 2.24) is 15.0 Å². The van der Waals surface area contributed by atoms with Crippen LogP contribution in [0.5, 0.6) is 0 Å². The van der Waals surface area contributed by atoms with E-state index < -0.39 is 0 Å². The third-order valence-corrected chi connectivity index (χ3v) is 6.16. The number of halogens is 1. The van der Waals surface area contributed by atoms with Gasteiger partial charge in [0.25, 0.3) is 0 Å². The molecule has 0 aliphatic heterocycles. The number of oxazole rings is 1. The van der Waals surface area contributed by atoms with Crippen LogP contribution >= 0.6 is 11.8 Å². The summed E-state index contributed by atoms with van der Waals surface area (Å²) in [4.78, 5) is 13.1. The Labute approximate surface area is 218 Å². The lowest BCUT2D eigenvalue weighted by Crippen LogP contribution is -2.04. The van der Waals surface area contributed by atoms with Crippen LogP contribution in [0.4, 0.5) is 10.2 Å². The Kier molecular flexibility index (Phi) is 9.33. The van der Waals surface area contributed by atoms with Crippen molar-refractivity contribution in [3.8, 4) is 34.7 Å². The van der Waals surface area contributed by atoms with E-state index in [9.17, 15) is 14.9 Å². The van der Waals surface area contributed by atoms with Gasteiger partial charge in [-0.05, 0) is 50.6 Å². The molecule has 0 aliphatic rings. The lowest BCUT2D eigenvalue weighted by atomic mass is 9.98. The summed E-state index contributed by atoms with van der Waals surface area (Å²) in [7, 11) is 0. The fraction of sp³-hybridized carbons (Fsp3) is 0.222. The number of thioether (sulfide) groups is 1. The van der Waals surface area contributed by atoms with Gasteiger partial charge in [-0.3, -0.25) is 4.98 Å². The zero-order valence-electron chi connectivity index (χ0n) is 20.6. The molecule has 0 atom stereocenters. The van der Waals surface area contributed by atoms with Crippen LogP contribution in [0.1, 0.15) is 41.6 Å². The van der Waals surface area contributed by atoms with E-state index in [1.807, 2.05) is 13.8 Å². The maximum absolute atomic E-state index is 13.2. The van der Waals surface area contributed by atoms with Gasteiger partial charge in [0.1, 0.15) is 40.1 Å². The average Bonchev–Trinajstić information content (AvgIpc) is 3.28. The number of nitriles is 2. The number of nitrogen functional groups attached to an aromatic ring is 1. The molecule has 3 aromatic heterocycles. The van der Waals surface area contributed by atoms with Gasteiger partial charge < -0.3 is 15.3 Å². The number of benzene rings is 1. The summed E-state index contributed by atoms with van der Waals surface area (Å²) in [5.41, 5.74) is 9.60. The number of nitrogens with two attached hydrogens (primary N) is 1. The van der Waals surface area contributed by atoms with Gasteiger partial charge in [0.05, 0.1) is 11.3 Å². The highest BCUT2D eigenvalue weighted by molar-refractivity contribution is 7.98. The molecule has 0 radical (unpaired) electrons. The minimum Gasteiger partial charge on any atom is -0.441 e. The Hall–Kier alpha value is -4.25. The number of aliphatic hydroxyl groups is 1. The quantitative estimate of drug-likeness (QED) is 0.314. The van der Waals surface area contributed by atoms with Crippen LogP contribution in [0.15, 0.2) is 52.0 Å². The van der Waals surface area contributed by atoms with E-state index >= 15 is 0 Å². The van der Waals surface area contributed by atoms with E-state index in [4.69, 9.17) is 15.3 Å². The molecule has 4 aromatic rings. The van der Waals surface area contributed by atoms with E-state index in [1.165, 1.54) is 23.9 Å². The smallest absolute Gasteiger partial charge is 0.226 e. The lowest BCUT2D eigenvalue weighted by Gasteiger charge is -2.12. The van der Waals surface area contributed by atoms with Crippen molar-refractivity contribution in [2.75, 3.05) is 12.3 Å². The van der Waals surface area contributed by atoms with E-state index in [2.05, 4.69) is 27.1 Å². The monoisotopic (exact) mass is 516 g/mol. The molecular formula is C27H25FN6O2S. The zero-order valence-corrected chi connectivity index (χ0v) is 21.4. The fourth-order valence-electron chi connectivity index (χ4n) is 3.22. The second-order valence-corrected chi connectivity index (χ2v) is 8.84. The third-order valence-electron chi connectivity index (χ3n) is 5.17. The van der Waals surface area contributed by atoms with Crippen LogP contribution in [0.2, 0.25) is 0 Å². The molecule has 0 aliphatic carbocycles. The fourth-order valence-corrected chi connectivity index (χ4v) is 4.22. The maximum Gasteiger partial charge on any atom is 0.226 e. The van der Waals surface area contributed by atoms with Crippen molar-refractivity contribution < 1.29 is 13.9 Å². The van der Waals surface area contributed by atoms with Crippen molar-refractivity contribution in [3.05, 3.63) is 76.7 Å². The minimum atomic E-state index is -0.342. The second kappa shape index (κ2) is 12.6. The number of anilines is 1. The Bertz CT molecular complexity index is 1450. The summed E-state index contributed by atoms with van der Waals surface area (Å²) < 4.78 is 18.9. The maximum atomic E-state index is 13.2. The molecule has 1 aromatic carbocycles. The third kappa shape index (κ3) is 6.50. The summed E-state index contributed by atoms with van der Waals surface area (Å²) in [5.74, 6) is 1.03. The van der Waals surface area contributed by atoms with Crippen LogP contribution in [0.3, 0.4) is 0 Å². The Morgan fingerprint density at radius 1 is 1.03 bits per heavy atom. The molecule has 3 N–H and O–H groups in total. The predicted octanol–water partition coefficient (Wildman–Crippen LogP) is 5.56. The molecular weight excluding hydrogens is 491 g/mol. The molecule has 0 amide bonds.